The zero-order valence-corrected chi connectivity index (χ0v) is 14.1. The molecule has 2 aromatic rings. The van der Waals surface area contributed by atoms with Crippen LogP contribution in [0.4, 0.5) is 0 Å². The van der Waals surface area contributed by atoms with Crippen molar-refractivity contribution in [2.45, 2.75) is 51.6 Å². The van der Waals surface area contributed by atoms with E-state index in [1.165, 1.54) is 0 Å². The van der Waals surface area contributed by atoms with Gasteiger partial charge in [0.15, 0.2) is 0 Å². The summed E-state index contributed by atoms with van der Waals surface area (Å²) in [5.74, 6) is -0.869. The number of rotatable bonds is 5. The highest BCUT2D eigenvalue weighted by atomic mass is 16.5. The summed E-state index contributed by atoms with van der Waals surface area (Å²) in [5.41, 5.74) is 3.81. The van der Waals surface area contributed by atoms with Gasteiger partial charge in [0.1, 0.15) is 5.60 Å². The monoisotopic (exact) mass is 326 g/mol. The second-order valence-electron chi connectivity index (χ2n) is 6.38. The Morgan fingerprint density at radius 1 is 1.46 bits per heavy atom. The van der Waals surface area contributed by atoms with Gasteiger partial charge in [0.05, 0.1) is 35.9 Å². The molecular formula is C19H22N2O3. The van der Waals surface area contributed by atoms with E-state index < -0.39 is 11.6 Å². The molecule has 0 radical (unpaired) electrons. The average Bonchev–Trinajstić information content (AvgIpc) is 2.95. The molecule has 0 bridgehead atoms. The molecule has 5 nitrogen and oxygen atoms in total. The molecule has 2 heterocycles. The van der Waals surface area contributed by atoms with Gasteiger partial charge in [0.2, 0.25) is 0 Å². The van der Waals surface area contributed by atoms with E-state index in [9.17, 15) is 15.2 Å². The molecule has 0 saturated carbocycles. The van der Waals surface area contributed by atoms with Gasteiger partial charge >= 0.3 is 5.97 Å². The quantitative estimate of drug-likeness (QED) is 0.878. The van der Waals surface area contributed by atoms with Crippen LogP contribution < -0.4 is 0 Å². The van der Waals surface area contributed by atoms with Crippen molar-refractivity contribution in [1.29, 1.82) is 5.26 Å². The maximum Gasteiger partial charge on any atom is 0.306 e. The number of nitrogens with zero attached hydrogens (tertiary/aromatic N) is 1. The Bertz CT molecular complexity index is 831. The topological polar surface area (TPSA) is 86.1 Å². The molecule has 1 aromatic carbocycles. The third-order valence-electron chi connectivity index (χ3n) is 4.92. The first kappa shape index (κ1) is 16.5. The normalized spacial score (nSPS) is 19.9. The summed E-state index contributed by atoms with van der Waals surface area (Å²) < 4.78 is 6.02. The van der Waals surface area contributed by atoms with Gasteiger partial charge in [-0.2, -0.15) is 5.26 Å². The molecule has 1 unspecified atom stereocenters. The van der Waals surface area contributed by atoms with Crippen molar-refractivity contribution in [3.63, 3.8) is 0 Å². The van der Waals surface area contributed by atoms with E-state index in [4.69, 9.17) is 4.74 Å². The van der Waals surface area contributed by atoms with Crippen LogP contribution in [0, 0.1) is 11.3 Å². The summed E-state index contributed by atoms with van der Waals surface area (Å²) in [4.78, 5) is 14.9. The predicted octanol–water partition coefficient (Wildman–Crippen LogP) is 3.64. The van der Waals surface area contributed by atoms with Crippen LogP contribution in [0.2, 0.25) is 0 Å². The number of benzene rings is 1. The van der Waals surface area contributed by atoms with Crippen LogP contribution in [0.5, 0.6) is 0 Å². The molecule has 1 aromatic heterocycles. The Morgan fingerprint density at radius 3 is 2.88 bits per heavy atom. The largest absolute Gasteiger partial charge is 0.481 e. The number of nitriles is 1. The number of fused-ring (bicyclic) bond motifs is 3. The summed E-state index contributed by atoms with van der Waals surface area (Å²) in [7, 11) is 0. The first-order valence-electron chi connectivity index (χ1n) is 8.49. The van der Waals surface area contributed by atoms with Crippen LogP contribution in [0.3, 0.4) is 0 Å². The number of aryl methyl sites for hydroxylation is 1. The van der Waals surface area contributed by atoms with Crippen LogP contribution >= 0.6 is 0 Å². The van der Waals surface area contributed by atoms with Gasteiger partial charge in [-0.3, -0.25) is 4.79 Å². The molecule has 1 aliphatic heterocycles. The molecular weight excluding hydrogens is 304 g/mol. The van der Waals surface area contributed by atoms with Gasteiger partial charge < -0.3 is 14.8 Å². The van der Waals surface area contributed by atoms with Crippen LogP contribution in [0.25, 0.3) is 10.9 Å². The summed E-state index contributed by atoms with van der Waals surface area (Å²) in [6, 6.07) is 6.12. The second-order valence-corrected chi connectivity index (χ2v) is 6.38. The number of hydrogen-bond donors (Lipinski definition) is 2. The van der Waals surface area contributed by atoms with Gasteiger partial charge in [-0.25, -0.2) is 0 Å². The average molecular weight is 326 g/mol. The molecule has 5 heteroatoms. The maximum absolute atomic E-state index is 11.5. The van der Waals surface area contributed by atoms with E-state index in [2.05, 4.69) is 18.0 Å². The van der Waals surface area contributed by atoms with Crippen LogP contribution in [-0.4, -0.2) is 22.7 Å². The minimum Gasteiger partial charge on any atom is -0.481 e. The Balaban J connectivity index is 2.31. The number of ether oxygens (including phenoxy) is 1. The minimum absolute atomic E-state index is 0.0655. The summed E-state index contributed by atoms with van der Waals surface area (Å²) in [5, 5.41) is 19.9. The van der Waals surface area contributed by atoms with Gasteiger partial charge in [-0.1, -0.05) is 26.3 Å². The molecule has 2 N–H and O–H groups in total. The van der Waals surface area contributed by atoms with Crippen molar-refractivity contribution in [3.05, 3.63) is 34.5 Å². The van der Waals surface area contributed by atoms with Crippen LogP contribution in [0.15, 0.2) is 12.1 Å². The number of carboxylic acid groups (broad SMARTS) is 1. The molecule has 1 aliphatic rings. The standard InChI is InChI=1S/C19H22N2O3/c1-3-8-19(10-15(22)23)18-14(7-9-24-19)16-13(11-20)6-5-12(4-2)17(16)21-18/h5-6,21H,3-4,7-10H2,1-2H3,(H,22,23). The van der Waals surface area contributed by atoms with Gasteiger partial charge in [-0.15, -0.1) is 0 Å². The highest BCUT2D eigenvalue weighted by Crippen LogP contribution is 2.43. The SMILES string of the molecule is CCCC1(CC(=O)O)OCCc2c1[nH]c1c(CC)ccc(C#N)c21. The number of carbonyl (C=O) groups is 1. The predicted molar refractivity (Wildman–Crippen MR) is 90.9 cm³/mol. The molecule has 0 spiro atoms. The van der Waals surface area contributed by atoms with Crippen molar-refractivity contribution in [2.75, 3.05) is 6.61 Å². The Labute approximate surface area is 141 Å². The van der Waals surface area contributed by atoms with E-state index in [0.29, 0.717) is 25.0 Å². The lowest BCUT2D eigenvalue weighted by Gasteiger charge is -2.36. The first-order chi connectivity index (χ1) is 11.6. The fourth-order valence-electron chi connectivity index (χ4n) is 3.95. The molecule has 24 heavy (non-hydrogen) atoms. The molecule has 0 amide bonds. The van der Waals surface area contributed by atoms with Gasteiger partial charge in [-0.05, 0) is 36.5 Å². The Hall–Kier alpha value is -2.32. The van der Waals surface area contributed by atoms with Crippen molar-refractivity contribution < 1.29 is 14.6 Å². The highest BCUT2D eigenvalue weighted by molar-refractivity contribution is 5.93. The van der Waals surface area contributed by atoms with E-state index in [1.807, 2.05) is 19.1 Å². The third kappa shape index (κ3) is 2.47. The first-order valence-corrected chi connectivity index (χ1v) is 8.49. The van der Waals surface area contributed by atoms with Gasteiger partial charge in [0, 0.05) is 5.39 Å². The van der Waals surface area contributed by atoms with Crippen molar-refractivity contribution in [1.82, 2.24) is 4.98 Å². The Morgan fingerprint density at radius 2 is 2.25 bits per heavy atom. The molecule has 126 valence electrons. The third-order valence-corrected chi connectivity index (χ3v) is 4.92. The van der Waals surface area contributed by atoms with Gasteiger partial charge in [0.25, 0.3) is 0 Å². The van der Waals surface area contributed by atoms with Crippen LogP contribution in [0.1, 0.15) is 55.5 Å². The zero-order chi connectivity index (χ0) is 17.3. The maximum atomic E-state index is 11.5. The minimum atomic E-state index is -0.869. The smallest absolute Gasteiger partial charge is 0.306 e. The van der Waals surface area contributed by atoms with Crippen molar-refractivity contribution in [3.8, 4) is 6.07 Å². The Kier molecular flexibility index (Phi) is 4.33. The van der Waals surface area contributed by atoms with Crippen LogP contribution in [-0.2, 0) is 28.0 Å². The molecule has 3 rings (SSSR count). The number of aromatic amines is 1. The number of carboxylic acids is 1. The van der Waals surface area contributed by atoms with E-state index in [1.54, 1.807) is 0 Å². The molecule has 0 aliphatic carbocycles. The molecule has 0 fully saturated rings. The zero-order valence-electron chi connectivity index (χ0n) is 14.1. The lowest BCUT2D eigenvalue weighted by atomic mass is 9.84. The fraction of sp³-hybridized carbons (Fsp3) is 0.474. The fourth-order valence-corrected chi connectivity index (χ4v) is 3.95. The molecule has 1 atom stereocenters. The lowest BCUT2D eigenvalue weighted by Crippen LogP contribution is -2.37. The number of aliphatic carboxylic acids is 1. The molecule has 0 saturated heterocycles. The van der Waals surface area contributed by atoms with Crippen molar-refractivity contribution in [2.24, 2.45) is 0 Å². The number of H-pyrrole nitrogens is 1. The number of hydrogen-bond acceptors (Lipinski definition) is 3. The summed E-state index contributed by atoms with van der Waals surface area (Å²) >= 11 is 0. The number of nitrogens with one attached hydrogen (secondary N) is 1. The van der Waals surface area contributed by atoms with E-state index >= 15 is 0 Å². The highest BCUT2D eigenvalue weighted by Gasteiger charge is 2.42. The number of aromatic nitrogens is 1. The second kappa shape index (κ2) is 6.29. The summed E-state index contributed by atoms with van der Waals surface area (Å²) in [6.07, 6.45) is 2.95. The lowest BCUT2D eigenvalue weighted by molar-refractivity contribution is -0.149. The van der Waals surface area contributed by atoms with Crippen molar-refractivity contribution >= 4 is 16.9 Å². The summed E-state index contributed by atoms with van der Waals surface area (Å²) in [6.45, 7) is 4.59. The van der Waals surface area contributed by atoms with E-state index in [-0.39, 0.29) is 6.42 Å². The van der Waals surface area contributed by atoms with E-state index in [0.717, 1.165) is 40.6 Å².